The lowest BCUT2D eigenvalue weighted by Crippen LogP contribution is -1.94. The minimum Gasteiger partial charge on any atom is -0.288 e. The quantitative estimate of drug-likeness (QED) is 0.633. The summed E-state index contributed by atoms with van der Waals surface area (Å²) >= 11 is 0. The van der Waals surface area contributed by atoms with Crippen molar-refractivity contribution in [1.29, 1.82) is 0 Å². The lowest BCUT2D eigenvalue weighted by molar-refractivity contribution is 1.01. The Morgan fingerprint density at radius 3 is 2.71 bits per heavy atom. The summed E-state index contributed by atoms with van der Waals surface area (Å²) in [7, 11) is 0. The van der Waals surface area contributed by atoms with Gasteiger partial charge in [0.15, 0.2) is 0 Å². The van der Waals surface area contributed by atoms with Gasteiger partial charge in [-0.3, -0.25) is 14.4 Å². The molecule has 0 amide bonds. The number of nitrogens with zero attached hydrogens (tertiary/aromatic N) is 5. The van der Waals surface area contributed by atoms with Gasteiger partial charge in [-0.05, 0) is 19.9 Å². The second kappa shape index (κ2) is 3.62. The Hall–Kier alpha value is -2.30. The van der Waals surface area contributed by atoms with Gasteiger partial charge < -0.3 is 0 Å². The number of rotatable bonds is 1. The lowest BCUT2D eigenvalue weighted by atomic mass is 10.3. The highest BCUT2D eigenvalue weighted by Crippen LogP contribution is 2.16. The number of fused-ring (bicyclic) bond motifs is 1. The first kappa shape index (κ1) is 9.89. The van der Waals surface area contributed by atoms with Crippen molar-refractivity contribution in [3.63, 3.8) is 0 Å². The van der Waals surface area contributed by atoms with E-state index in [2.05, 4.69) is 19.9 Å². The van der Waals surface area contributed by atoms with E-state index in [1.807, 2.05) is 30.5 Å². The first-order valence-corrected chi connectivity index (χ1v) is 5.34. The molecular weight excluding hydrogens is 214 g/mol. The topological polar surface area (TPSA) is 56.0 Å². The molecule has 84 valence electrons. The SMILES string of the molecule is Cc1cc(C)n2cc(-c3cnccn3)nc2n1. The standard InChI is InChI=1S/C12H11N5/c1-8-5-9(2)17-7-11(16-12(17)15-8)10-6-13-3-4-14-10/h3-7H,1-2H3. The molecule has 0 aliphatic heterocycles. The highest BCUT2D eigenvalue weighted by atomic mass is 15.1. The van der Waals surface area contributed by atoms with Crippen molar-refractivity contribution in [2.75, 3.05) is 0 Å². The smallest absolute Gasteiger partial charge is 0.234 e. The molecule has 0 aliphatic rings. The van der Waals surface area contributed by atoms with E-state index in [4.69, 9.17) is 0 Å². The minimum absolute atomic E-state index is 0.697. The molecule has 0 saturated carbocycles. The molecule has 3 heterocycles. The Labute approximate surface area is 98.2 Å². The van der Waals surface area contributed by atoms with Crippen LogP contribution in [0.3, 0.4) is 0 Å². The first-order valence-electron chi connectivity index (χ1n) is 5.34. The fourth-order valence-electron chi connectivity index (χ4n) is 1.83. The van der Waals surface area contributed by atoms with Crippen molar-refractivity contribution >= 4 is 5.78 Å². The molecule has 0 saturated heterocycles. The monoisotopic (exact) mass is 225 g/mol. The van der Waals surface area contributed by atoms with Crippen molar-refractivity contribution in [3.8, 4) is 11.4 Å². The van der Waals surface area contributed by atoms with Gasteiger partial charge in [0.05, 0.1) is 6.20 Å². The van der Waals surface area contributed by atoms with Crippen LogP contribution in [0.25, 0.3) is 17.2 Å². The summed E-state index contributed by atoms with van der Waals surface area (Å²) in [6, 6.07) is 2.02. The van der Waals surface area contributed by atoms with Crippen LogP contribution in [0.5, 0.6) is 0 Å². The van der Waals surface area contributed by atoms with Crippen molar-refractivity contribution in [2.45, 2.75) is 13.8 Å². The van der Waals surface area contributed by atoms with Crippen LogP contribution in [0.4, 0.5) is 0 Å². The van der Waals surface area contributed by atoms with Crippen LogP contribution in [0, 0.1) is 13.8 Å². The third kappa shape index (κ3) is 1.65. The Balaban J connectivity index is 2.24. The lowest BCUT2D eigenvalue weighted by Gasteiger charge is -1.98. The molecule has 0 aromatic carbocycles. The second-order valence-electron chi connectivity index (χ2n) is 3.93. The fourth-order valence-corrected chi connectivity index (χ4v) is 1.83. The Morgan fingerprint density at radius 2 is 1.94 bits per heavy atom. The minimum atomic E-state index is 0.697. The predicted molar refractivity (Wildman–Crippen MR) is 63.5 cm³/mol. The van der Waals surface area contributed by atoms with Crippen LogP contribution in [0.1, 0.15) is 11.4 Å². The number of aryl methyl sites for hydroxylation is 2. The van der Waals surface area contributed by atoms with E-state index in [0.717, 1.165) is 22.8 Å². The summed E-state index contributed by atoms with van der Waals surface area (Å²) in [6.07, 6.45) is 6.93. The molecule has 0 spiro atoms. The predicted octanol–water partition coefficient (Wildman–Crippen LogP) is 1.80. The molecule has 0 fully saturated rings. The van der Waals surface area contributed by atoms with Crippen LogP contribution in [0.2, 0.25) is 0 Å². The molecule has 5 heteroatoms. The van der Waals surface area contributed by atoms with E-state index in [-0.39, 0.29) is 0 Å². The Morgan fingerprint density at radius 1 is 1.06 bits per heavy atom. The zero-order valence-corrected chi connectivity index (χ0v) is 9.62. The second-order valence-corrected chi connectivity index (χ2v) is 3.93. The molecule has 3 aromatic heterocycles. The van der Waals surface area contributed by atoms with Crippen molar-refractivity contribution in [2.24, 2.45) is 0 Å². The molecular formula is C12H11N5. The normalized spacial score (nSPS) is 10.9. The fraction of sp³-hybridized carbons (Fsp3) is 0.167. The third-order valence-corrected chi connectivity index (χ3v) is 2.59. The maximum absolute atomic E-state index is 4.45. The van der Waals surface area contributed by atoms with Crippen molar-refractivity contribution in [3.05, 3.63) is 42.2 Å². The zero-order chi connectivity index (χ0) is 11.8. The molecule has 0 radical (unpaired) electrons. The van der Waals surface area contributed by atoms with Gasteiger partial charge in [0.1, 0.15) is 11.4 Å². The van der Waals surface area contributed by atoms with Crippen LogP contribution in [-0.2, 0) is 0 Å². The maximum Gasteiger partial charge on any atom is 0.234 e. The Bertz CT molecular complexity index is 672. The van der Waals surface area contributed by atoms with Gasteiger partial charge in [0.25, 0.3) is 0 Å². The number of aromatic nitrogens is 5. The van der Waals surface area contributed by atoms with Gasteiger partial charge >= 0.3 is 0 Å². The highest BCUT2D eigenvalue weighted by Gasteiger charge is 2.08. The van der Waals surface area contributed by atoms with Crippen LogP contribution < -0.4 is 0 Å². The number of hydrogen-bond acceptors (Lipinski definition) is 4. The zero-order valence-electron chi connectivity index (χ0n) is 9.62. The molecule has 0 bridgehead atoms. The Kier molecular flexibility index (Phi) is 2.11. The summed E-state index contributed by atoms with van der Waals surface area (Å²) in [4.78, 5) is 17.1. The maximum atomic E-state index is 4.45. The van der Waals surface area contributed by atoms with E-state index in [0.29, 0.717) is 5.78 Å². The number of imidazole rings is 1. The van der Waals surface area contributed by atoms with E-state index < -0.39 is 0 Å². The van der Waals surface area contributed by atoms with E-state index in [9.17, 15) is 0 Å². The van der Waals surface area contributed by atoms with E-state index in [1.165, 1.54) is 0 Å². The van der Waals surface area contributed by atoms with Crippen LogP contribution >= 0.6 is 0 Å². The van der Waals surface area contributed by atoms with Gasteiger partial charge in [-0.25, -0.2) is 9.97 Å². The largest absolute Gasteiger partial charge is 0.288 e. The number of hydrogen-bond donors (Lipinski definition) is 0. The highest BCUT2D eigenvalue weighted by molar-refractivity contribution is 5.56. The summed E-state index contributed by atoms with van der Waals surface area (Å²) in [5.74, 6) is 0.697. The molecule has 0 N–H and O–H groups in total. The van der Waals surface area contributed by atoms with Crippen molar-refractivity contribution in [1.82, 2.24) is 24.3 Å². The summed E-state index contributed by atoms with van der Waals surface area (Å²) < 4.78 is 1.96. The van der Waals surface area contributed by atoms with Gasteiger partial charge in [-0.15, -0.1) is 0 Å². The molecule has 0 unspecified atom stereocenters. The van der Waals surface area contributed by atoms with Crippen LogP contribution in [0.15, 0.2) is 30.9 Å². The van der Waals surface area contributed by atoms with Crippen molar-refractivity contribution < 1.29 is 0 Å². The molecule has 17 heavy (non-hydrogen) atoms. The van der Waals surface area contributed by atoms with Crippen LogP contribution in [-0.4, -0.2) is 24.3 Å². The van der Waals surface area contributed by atoms with Gasteiger partial charge in [0, 0.05) is 30.0 Å². The summed E-state index contributed by atoms with van der Waals surface area (Å²) in [5.41, 5.74) is 3.62. The molecule has 0 atom stereocenters. The van der Waals surface area contributed by atoms with E-state index in [1.54, 1.807) is 18.6 Å². The molecule has 3 rings (SSSR count). The van der Waals surface area contributed by atoms with Gasteiger partial charge in [-0.2, -0.15) is 0 Å². The average Bonchev–Trinajstić information content (AvgIpc) is 2.74. The van der Waals surface area contributed by atoms with Gasteiger partial charge in [0.2, 0.25) is 5.78 Å². The first-order chi connectivity index (χ1) is 8.24. The summed E-state index contributed by atoms with van der Waals surface area (Å²) in [5, 5.41) is 0. The molecule has 5 nitrogen and oxygen atoms in total. The molecule has 0 aliphatic carbocycles. The summed E-state index contributed by atoms with van der Waals surface area (Å²) in [6.45, 7) is 3.99. The van der Waals surface area contributed by atoms with Gasteiger partial charge in [-0.1, -0.05) is 0 Å². The molecule has 3 aromatic rings. The van der Waals surface area contributed by atoms with E-state index >= 15 is 0 Å². The average molecular weight is 225 g/mol. The third-order valence-electron chi connectivity index (χ3n) is 2.59.